The highest BCUT2D eigenvalue weighted by Crippen LogP contribution is 2.37. The Morgan fingerprint density at radius 2 is 2.00 bits per heavy atom. The van der Waals surface area contributed by atoms with Crippen LogP contribution in [0.15, 0.2) is 30.4 Å². The summed E-state index contributed by atoms with van der Waals surface area (Å²) < 4.78 is 19.0. The van der Waals surface area contributed by atoms with Crippen molar-refractivity contribution in [2.75, 3.05) is 69.9 Å². The zero-order valence-corrected chi connectivity index (χ0v) is 26.0. The molecule has 1 saturated carbocycles. The van der Waals surface area contributed by atoms with Crippen LogP contribution in [0.1, 0.15) is 36.9 Å². The lowest BCUT2D eigenvalue weighted by molar-refractivity contribution is 0.196. The average Bonchev–Trinajstić information content (AvgIpc) is 3.47. The van der Waals surface area contributed by atoms with Crippen LogP contribution in [0.3, 0.4) is 0 Å². The number of ether oxygens (including phenoxy) is 1. The minimum atomic E-state index is -0.479. The lowest BCUT2D eigenvalue weighted by Crippen LogP contribution is -2.53. The van der Waals surface area contributed by atoms with E-state index in [2.05, 4.69) is 39.8 Å². The number of aromatic nitrogens is 2. The van der Waals surface area contributed by atoms with E-state index >= 15 is 0 Å². The molecule has 0 unspecified atom stereocenters. The van der Waals surface area contributed by atoms with Gasteiger partial charge in [-0.15, -0.1) is 0 Å². The van der Waals surface area contributed by atoms with E-state index in [0.717, 1.165) is 61.7 Å². The molecule has 1 aromatic heterocycles. The van der Waals surface area contributed by atoms with E-state index in [1.807, 2.05) is 18.2 Å². The quantitative estimate of drug-likeness (QED) is 0.330. The fourth-order valence-corrected chi connectivity index (χ4v) is 6.83. The Balaban J connectivity index is 1.40. The number of halogens is 3. The molecule has 1 aromatic carbocycles. The number of hydrogen-bond donors (Lipinski definition) is 0. The molecule has 0 amide bonds. The summed E-state index contributed by atoms with van der Waals surface area (Å²) in [7, 11) is 4.28. The van der Waals surface area contributed by atoms with Crippen LogP contribution >= 0.6 is 23.2 Å². The summed E-state index contributed by atoms with van der Waals surface area (Å²) >= 11 is 12.9. The topological polar surface area (TPSA) is 71.8 Å². The van der Waals surface area contributed by atoms with E-state index < -0.39 is 6.67 Å². The summed E-state index contributed by atoms with van der Waals surface area (Å²) in [4.78, 5) is 19.0. The van der Waals surface area contributed by atoms with Crippen molar-refractivity contribution >= 4 is 34.7 Å². The third-order valence-electron chi connectivity index (χ3n) is 8.81. The zero-order chi connectivity index (χ0) is 29.6. The monoisotopic (exact) mass is 615 g/mol. The van der Waals surface area contributed by atoms with E-state index in [1.165, 1.54) is 12.5 Å². The van der Waals surface area contributed by atoms with Crippen LogP contribution in [-0.2, 0) is 13.0 Å². The molecule has 1 saturated heterocycles. The van der Waals surface area contributed by atoms with Gasteiger partial charge in [-0.2, -0.15) is 15.2 Å². The molecule has 42 heavy (non-hydrogen) atoms. The summed E-state index contributed by atoms with van der Waals surface area (Å²) in [6, 6.07) is 9.06. The first kappa shape index (κ1) is 30.8. The van der Waals surface area contributed by atoms with E-state index in [-0.39, 0.29) is 6.04 Å². The molecule has 0 bridgehead atoms. The Morgan fingerprint density at radius 3 is 2.76 bits per heavy atom. The lowest BCUT2D eigenvalue weighted by atomic mass is 10.0. The fourth-order valence-electron chi connectivity index (χ4n) is 6.42. The first-order valence-corrected chi connectivity index (χ1v) is 15.6. The molecular weight excluding hydrogens is 576 g/mol. The summed E-state index contributed by atoms with van der Waals surface area (Å²) in [5, 5.41) is 10.6. The normalized spacial score (nSPS) is 23.0. The number of alkyl halides is 1. The van der Waals surface area contributed by atoms with Crippen molar-refractivity contribution < 1.29 is 9.13 Å². The van der Waals surface area contributed by atoms with Gasteiger partial charge in [0.15, 0.2) is 0 Å². The third kappa shape index (κ3) is 7.11. The summed E-state index contributed by atoms with van der Waals surface area (Å²) in [6.45, 7) is 4.25. The Morgan fingerprint density at radius 1 is 1.14 bits per heavy atom. The maximum Gasteiger partial charge on any atom is 0.318 e. The molecule has 1 aliphatic carbocycles. The minimum absolute atomic E-state index is 0.0230. The van der Waals surface area contributed by atoms with Crippen molar-refractivity contribution in [3.63, 3.8) is 0 Å². The van der Waals surface area contributed by atoms with Crippen molar-refractivity contribution in [2.24, 2.45) is 5.92 Å². The lowest BCUT2D eigenvalue weighted by Gasteiger charge is -2.42. The first-order chi connectivity index (χ1) is 20.4. The summed E-state index contributed by atoms with van der Waals surface area (Å²) in [5.74, 6) is 1.37. The van der Waals surface area contributed by atoms with Crippen LogP contribution < -0.4 is 14.5 Å². The number of nitrogens with zero attached hydrogens (tertiary/aromatic N) is 7. The summed E-state index contributed by atoms with van der Waals surface area (Å²) in [6.07, 6.45) is 7.95. The highest BCUT2D eigenvalue weighted by atomic mass is 35.5. The predicted molar refractivity (Wildman–Crippen MR) is 166 cm³/mol. The average molecular weight is 617 g/mol. The van der Waals surface area contributed by atoms with Gasteiger partial charge in [0.2, 0.25) is 0 Å². The van der Waals surface area contributed by atoms with Crippen molar-refractivity contribution in [3.8, 4) is 12.1 Å². The largest absolute Gasteiger partial charge is 0.463 e. The van der Waals surface area contributed by atoms with Crippen LogP contribution in [0.4, 0.5) is 15.9 Å². The number of hydrogen-bond acceptors (Lipinski definition) is 8. The van der Waals surface area contributed by atoms with Crippen molar-refractivity contribution in [2.45, 2.75) is 50.7 Å². The number of rotatable bonds is 10. The minimum Gasteiger partial charge on any atom is -0.463 e. The number of fused-ring (bicyclic) bond motifs is 1. The smallest absolute Gasteiger partial charge is 0.318 e. The molecule has 3 atom stereocenters. The van der Waals surface area contributed by atoms with Gasteiger partial charge in [0.05, 0.1) is 47.1 Å². The number of piperazine rings is 1. The van der Waals surface area contributed by atoms with Gasteiger partial charge in [-0.05, 0) is 57.8 Å². The van der Waals surface area contributed by atoms with Gasteiger partial charge in [0.1, 0.15) is 12.5 Å². The van der Waals surface area contributed by atoms with E-state index in [4.69, 9.17) is 37.9 Å². The number of anilines is 2. The van der Waals surface area contributed by atoms with E-state index in [0.29, 0.717) is 60.7 Å². The van der Waals surface area contributed by atoms with Crippen molar-refractivity contribution in [1.82, 2.24) is 19.8 Å². The number of benzene rings is 1. The van der Waals surface area contributed by atoms with Gasteiger partial charge in [-0.25, -0.2) is 4.39 Å². The maximum atomic E-state index is 12.7. The van der Waals surface area contributed by atoms with E-state index in [9.17, 15) is 9.65 Å². The van der Waals surface area contributed by atoms with Gasteiger partial charge >= 0.3 is 6.01 Å². The Hall–Kier alpha value is -2.64. The van der Waals surface area contributed by atoms with E-state index in [1.54, 1.807) is 6.07 Å². The van der Waals surface area contributed by atoms with Crippen molar-refractivity contribution in [1.29, 1.82) is 5.26 Å². The zero-order valence-electron chi connectivity index (χ0n) is 24.5. The Labute approximate surface area is 258 Å². The molecule has 0 N–H and O–H groups in total. The second kappa shape index (κ2) is 14.2. The molecule has 226 valence electrons. The standard InChI is InChI=1S/C31H40Cl2FN7O/c1-38(2)23-9-8-22(18-23)21-42-31-36-27-20-40(28-7-5-6-26(32)29(28)33)15-11-25(27)30(37-31)41-17-16-39(14-4-3-12-34)24(19-41)10-13-35/h3-7,22-24H,8-12,14-21H2,1-2H3/b4-3+/t22-,23-,24-/m0/s1. The second-order valence-corrected chi connectivity index (χ2v) is 12.5. The molecule has 0 radical (unpaired) electrons. The Kier molecular flexibility index (Phi) is 10.4. The molecule has 2 fully saturated rings. The molecule has 0 spiro atoms. The number of allylic oxidation sites excluding steroid dienone is 1. The van der Waals surface area contributed by atoms with Crippen LogP contribution in [0.2, 0.25) is 10.0 Å². The highest BCUT2D eigenvalue weighted by molar-refractivity contribution is 6.43. The Bertz CT molecular complexity index is 1300. The highest BCUT2D eigenvalue weighted by Gasteiger charge is 2.32. The fraction of sp³-hybridized carbons (Fsp3) is 0.581. The van der Waals surface area contributed by atoms with Crippen molar-refractivity contribution in [3.05, 3.63) is 51.7 Å². The van der Waals surface area contributed by atoms with Crippen LogP contribution in [0, 0.1) is 17.2 Å². The first-order valence-electron chi connectivity index (χ1n) is 14.8. The molecule has 2 aromatic rings. The third-order valence-corrected chi connectivity index (χ3v) is 9.62. The van der Waals surface area contributed by atoms with Gasteiger partial charge in [-0.1, -0.05) is 41.4 Å². The van der Waals surface area contributed by atoms with Crippen LogP contribution in [0.5, 0.6) is 6.01 Å². The van der Waals surface area contributed by atoms with Gasteiger partial charge in [0.25, 0.3) is 0 Å². The molecule has 2 aliphatic heterocycles. The molecule has 5 rings (SSSR count). The molecule has 3 aliphatic rings. The number of nitriles is 1. The second-order valence-electron chi connectivity index (χ2n) is 11.7. The molecular formula is C31H40Cl2FN7O. The van der Waals surface area contributed by atoms with Gasteiger partial charge in [-0.3, -0.25) is 4.90 Å². The SMILES string of the molecule is CN(C)[C@H]1CC[C@H](COc2nc3c(c(N4CCN(C/C=C/CF)[C@@H](CC#N)C4)n2)CCN(c2cccc(Cl)c2Cl)C3)C1. The summed E-state index contributed by atoms with van der Waals surface area (Å²) in [5.41, 5.74) is 2.94. The predicted octanol–water partition coefficient (Wildman–Crippen LogP) is 5.39. The van der Waals surface area contributed by atoms with Gasteiger partial charge < -0.3 is 19.4 Å². The van der Waals surface area contributed by atoms with Crippen LogP contribution in [0.25, 0.3) is 0 Å². The molecule has 3 heterocycles. The maximum absolute atomic E-state index is 12.7. The molecule has 11 heteroatoms. The van der Waals surface area contributed by atoms with Crippen LogP contribution in [-0.4, -0.2) is 92.0 Å². The molecule has 8 nitrogen and oxygen atoms in total. The van der Waals surface area contributed by atoms with Gasteiger partial charge in [0, 0.05) is 50.4 Å².